The van der Waals surface area contributed by atoms with E-state index >= 15 is 0 Å². The number of rotatable bonds is 7. The van der Waals surface area contributed by atoms with Gasteiger partial charge in [0.1, 0.15) is 10.6 Å². The van der Waals surface area contributed by atoms with Crippen LogP contribution in [0.1, 0.15) is 0 Å². The first-order chi connectivity index (χ1) is 13.4. The summed E-state index contributed by atoms with van der Waals surface area (Å²) < 4.78 is 46.0. The molecule has 0 aliphatic carbocycles. The summed E-state index contributed by atoms with van der Waals surface area (Å²) in [5, 5.41) is 4.31. The highest BCUT2D eigenvalue weighted by Crippen LogP contribution is 2.40. The maximum atomic E-state index is 13.1. The van der Waals surface area contributed by atoms with Gasteiger partial charge in [-0.1, -0.05) is 30.3 Å². The number of nitrogens with one attached hydrogen (secondary N) is 1. The van der Waals surface area contributed by atoms with Gasteiger partial charge in [0.15, 0.2) is 11.5 Å². The molecular formula is C19H21N3O5S. The van der Waals surface area contributed by atoms with Gasteiger partial charge in [0.25, 0.3) is 10.0 Å². The Morgan fingerprint density at radius 2 is 1.57 bits per heavy atom. The second-order valence-electron chi connectivity index (χ2n) is 5.90. The van der Waals surface area contributed by atoms with Crippen molar-refractivity contribution in [1.29, 1.82) is 0 Å². The average Bonchev–Trinajstić information content (AvgIpc) is 3.10. The highest BCUT2D eigenvalue weighted by molar-refractivity contribution is 7.92. The fourth-order valence-corrected chi connectivity index (χ4v) is 4.05. The maximum Gasteiger partial charge on any atom is 0.265 e. The Bertz CT molecular complexity index is 1050. The van der Waals surface area contributed by atoms with Crippen LogP contribution in [0.3, 0.4) is 0 Å². The number of ether oxygens (including phenoxy) is 3. The highest BCUT2D eigenvalue weighted by Gasteiger charge is 2.24. The number of sulfonamides is 1. The molecule has 1 heterocycles. The molecule has 9 heteroatoms. The summed E-state index contributed by atoms with van der Waals surface area (Å²) in [6, 6.07) is 12.2. The minimum absolute atomic E-state index is 0.0648. The van der Waals surface area contributed by atoms with Crippen LogP contribution in [0.2, 0.25) is 0 Å². The van der Waals surface area contributed by atoms with E-state index in [-0.39, 0.29) is 10.6 Å². The molecule has 148 valence electrons. The number of hydrogen-bond donors (Lipinski definition) is 1. The first kappa shape index (κ1) is 19.6. The van der Waals surface area contributed by atoms with E-state index in [1.165, 1.54) is 44.3 Å². The largest absolute Gasteiger partial charge is 0.493 e. The molecule has 0 aliphatic rings. The summed E-state index contributed by atoms with van der Waals surface area (Å²) in [7, 11) is 2.15. The Kier molecular flexibility index (Phi) is 5.46. The molecule has 0 spiro atoms. The van der Waals surface area contributed by atoms with Gasteiger partial charge in [-0.3, -0.25) is 9.40 Å². The van der Waals surface area contributed by atoms with Crippen molar-refractivity contribution in [3.63, 3.8) is 0 Å². The quantitative estimate of drug-likeness (QED) is 0.652. The predicted octanol–water partition coefficient (Wildman–Crippen LogP) is 2.91. The molecule has 0 fully saturated rings. The van der Waals surface area contributed by atoms with Gasteiger partial charge in [-0.15, -0.1) is 0 Å². The van der Waals surface area contributed by atoms with Gasteiger partial charge in [-0.05, 0) is 0 Å². The van der Waals surface area contributed by atoms with Crippen molar-refractivity contribution in [1.82, 2.24) is 9.78 Å². The molecule has 0 bridgehead atoms. The highest BCUT2D eigenvalue weighted by atomic mass is 32.2. The van der Waals surface area contributed by atoms with Gasteiger partial charge < -0.3 is 14.2 Å². The van der Waals surface area contributed by atoms with E-state index in [1.807, 2.05) is 18.2 Å². The van der Waals surface area contributed by atoms with Gasteiger partial charge in [0.2, 0.25) is 5.75 Å². The van der Waals surface area contributed by atoms with Crippen molar-refractivity contribution >= 4 is 15.7 Å². The average molecular weight is 403 g/mol. The zero-order chi connectivity index (χ0) is 20.3. The second-order valence-corrected chi connectivity index (χ2v) is 7.55. The van der Waals surface area contributed by atoms with Gasteiger partial charge in [-0.2, -0.15) is 5.10 Å². The van der Waals surface area contributed by atoms with E-state index in [4.69, 9.17) is 14.2 Å². The second kappa shape index (κ2) is 7.81. The van der Waals surface area contributed by atoms with Crippen molar-refractivity contribution in [2.45, 2.75) is 4.90 Å². The summed E-state index contributed by atoms with van der Waals surface area (Å²) in [6.45, 7) is 0. The van der Waals surface area contributed by atoms with Gasteiger partial charge in [-0.25, -0.2) is 8.42 Å². The predicted molar refractivity (Wildman–Crippen MR) is 106 cm³/mol. The molecule has 0 saturated carbocycles. The van der Waals surface area contributed by atoms with Crippen LogP contribution in [0.25, 0.3) is 11.3 Å². The molecule has 8 nitrogen and oxygen atoms in total. The molecule has 0 aliphatic heterocycles. The third-order valence-electron chi connectivity index (χ3n) is 4.05. The van der Waals surface area contributed by atoms with Crippen LogP contribution < -0.4 is 18.9 Å². The van der Waals surface area contributed by atoms with E-state index in [2.05, 4.69) is 9.82 Å². The lowest BCUT2D eigenvalue weighted by Gasteiger charge is -2.15. The molecule has 0 radical (unpaired) electrons. The topological polar surface area (TPSA) is 91.7 Å². The van der Waals surface area contributed by atoms with Crippen molar-refractivity contribution in [3.8, 4) is 28.5 Å². The Labute approximate surface area is 163 Å². The molecule has 1 N–H and O–H groups in total. The van der Waals surface area contributed by atoms with Crippen molar-refractivity contribution in [2.75, 3.05) is 26.1 Å². The molecule has 2 aromatic carbocycles. The van der Waals surface area contributed by atoms with E-state index in [0.717, 1.165) is 0 Å². The summed E-state index contributed by atoms with van der Waals surface area (Å²) in [4.78, 5) is 0.0648. The van der Waals surface area contributed by atoms with Gasteiger partial charge in [0.05, 0.1) is 27.0 Å². The van der Waals surface area contributed by atoms with Crippen LogP contribution >= 0.6 is 0 Å². The lowest BCUT2D eigenvalue weighted by atomic mass is 10.2. The first-order valence-electron chi connectivity index (χ1n) is 8.31. The van der Waals surface area contributed by atoms with E-state index in [9.17, 15) is 8.42 Å². The zero-order valence-corrected chi connectivity index (χ0v) is 16.8. The number of aryl methyl sites for hydroxylation is 1. The van der Waals surface area contributed by atoms with Gasteiger partial charge in [0, 0.05) is 30.9 Å². The lowest BCUT2D eigenvalue weighted by Crippen LogP contribution is -2.13. The number of hydrogen-bond acceptors (Lipinski definition) is 6. The van der Waals surface area contributed by atoms with Crippen LogP contribution in [0, 0.1) is 0 Å². The Hall–Kier alpha value is -3.20. The maximum absolute atomic E-state index is 13.1. The lowest BCUT2D eigenvalue weighted by molar-refractivity contribution is 0.325. The summed E-state index contributed by atoms with van der Waals surface area (Å²) >= 11 is 0. The van der Waals surface area contributed by atoms with Crippen molar-refractivity contribution < 1.29 is 22.6 Å². The molecule has 3 aromatic rings. The van der Waals surface area contributed by atoms with Crippen molar-refractivity contribution in [3.05, 3.63) is 48.7 Å². The van der Waals surface area contributed by atoms with Crippen LogP contribution in [0.15, 0.2) is 53.6 Å². The molecule has 0 unspecified atom stereocenters. The number of anilines is 1. The monoisotopic (exact) mass is 403 g/mol. The summed E-state index contributed by atoms with van der Waals surface area (Å²) in [5.41, 5.74) is 1.34. The number of aromatic nitrogens is 2. The minimum atomic E-state index is -3.93. The molecular weight excluding hydrogens is 382 g/mol. The van der Waals surface area contributed by atoms with E-state index < -0.39 is 10.0 Å². The molecule has 3 rings (SSSR count). The molecule has 0 atom stereocenters. The zero-order valence-electron chi connectivity index (χ0n) is 16.0. The Balaban J connectivity index is 2.05. The first-order valence-corrected chi connectivity index (χ1v) is 9.79. The Morgan fingerprint density at radius 1 is 0.964 bits per heavy atom. The fraction of sp³-hybridized carbons (Fsp3) is 0.211. The van der Waals surface area contributed by atoms with E-state index in [1.54, 1.807) is 19.2 Å². The molecule has 0 saturated heterocycles. The van der Waals surface area contributed by atoms with Crippen LogP contribution in [0.5, 0.6) is 17.2 Å². The van der Waals surface area contributed by atoms with Crippen LogP contribution in [-0.2, 0) is 17.1 Å². The smallest absolute Gasteiger partial charge is 0.265 e. The molecule has 0 amide bonds. The number of methoxy groups -OCH3 is 3. The number of benzene rings is 2. The normalized spacial score (nSPS) is 11.1. The standard InChI is InChI=1S/C19H21N3O5S/c1-22-12-17(18(20-22)13-8-6-5-7-9-13)28(23,24)21-14-10-15(25-2)19(27-4)16(11-14)26-3/h5-12,21H,1-4H3. The third-order valence-corrected chi connectivity index (χ3v) is 5.43. The fourth-order valence-electron chi connectivity index (χ4n) is 2.81. The van der Waals surface area contributed by atoms with Crippen LogP contribution in [-0.4, -0.2) is 39.5 Å². The Morgan fingerprint density at radius 3 is 2.11 bits per heavy atom. The number of nitrogens with zero attached hydrogens (tertiary/aromatic N) is 2. The minimum Gasteiger partial charge on any atom is -0.493 e. The molecule has 1 aromatic heterocycles. The van der Waals surface area contributed by atoms with Crippen molar-refractivity contribution in [2.24, 2.45) is 7.05 Å². The van der Waals surface area contributed by atoms with Gasteiger partial charge >= 0.3 is 0 Å². The van der Waals surface area contributed by atoms with E-state index in [0.29, 0.717) is 28.5 Å². The van der Waals surface area contributed by atoms with Crippen LogP contribution in [0.4, 0.5) is 5.69 Å². The molecule has 28 heavy (non-hydrogen) atoms. The SMILES string of the molecule is COc1cc(NS(=O)(=O)c2cn(C)nc2-c2ccccc2)cc(OC)c1OC. The summed E-state index contributed by atoms with van der Waals surface area (Å²) in [5.74, 6) is 1.06. The third kappa shape index (κ3) is 3.74. The summed E-state index contributed by atoms with van der Waals surface area (Å²) in [6.07, 6.45) is 1.46.